The van der Waals surface area contributed by atoms with Gasteiger partial charge in [0.25, 0.3) is 0 Å². The van der Waals surface area contributed by atoms with Crippen molar-refractivity contribution in [2.45, 2.75) is 25.4 Å². The molecule has 0 saturated heterocycles. The molecular formula is C15H16O. The second-order valence-electron chi connectivity index (χ2n) is 3.88. The van der Waals surface area contributed by atoms with Crippen LogP contribution in [0.1, 0.15) is 18.9 Å². The van der Waals surface area contributed by atoms with E-state index in [9.17, 15) is 5.11 Å². The van der Waals surface area contributed by atoms with Crippen LogP contribution in [0.4, 0.5) is 0 Å². The molecule has 0 heterocycles. The van der Waals surface area contributed by atoms with E-state index < -0.39 is 5.60 Å². The zero-order valence-corrected chi connectivity index (χ0v) is 9.53. The summed E-state index contributed by atoms with van der Waals surface area (Å²) in [5, 5.41) is 10.5. The third kappa shape index (κ3) is 2.87. The van der Waals surface area contributed by atoms with Crippen molar-refractivity contribution in [2.24, 2.45) is 0 Å². The van der Waals surface area contributed by atoms with Crippen molar-refractivity contribution in [1.29, 1.82) is 0 Å². The highest BCUT2D eigenvalue weighted by Crippen LogP contribution is 2.24. The third-order valence-corrected chi connectivity index (χ3v) is 2.70. The zero-order valence-electron chi connectivity index (χ0n) is 9.53. The van der Waals surface area contributed by atoms with Crippen molar-refractivity contribution in [3.05, 3.63) is 53.8 Å². The van der Waals surface area contributed by atoms with Crippen molar-refractivity contribution in [3.8, 4) is 12.3 Å². The molecule has 0 bridgehead atoms. The molecule has 1 nitrogen and oxygen atoms in total. The van der Waals surface area contributed by atoms with Crippen LogP contribution in [0.3, 0.4) is 0 Å². The molecule has 0 aliphatic heterocycles. The standard InChI is InChI=1S/C15H16O/c1-4-11-15(16,13(3)5-2)12-14-9-7-6-8-10-14/h1,6-10,16H,2,11-12H2,3H3. The van der Waals surface area contributed by atoms with Gasteiger partial charge >= 0.3 is 0 Å². The van der Waals surface area contributed by atoms with E-state index in [1.807, 2.05) is 30.3 Å². The van der Waals surface area contributed by atoms with E-state index >= 15 is 0 Å². The van der Waals surface area contributed by atoms with Gasteiger partial charge in [0.15, 0.2) is 0 Å². The van der Waals surface area contributed by atoms with Crippen molar-refractivity contribution in [2.75, 3.05) is 0 Å². The van der Waals surface area contributed by atoms with Gasteiger partial charge in [0, 0.05) is 18.4 Å². The molecule has 0 saturated carbocycles. The highest BCUT2D eigenvalue weighted by Gasteiger charge is 2.28. The van der Waals surface area contributed by atoms with E-state index in [1.165, 1.54) is 0 Å². The van der Waals surface area contributed by atoms with Gasteiger partial charge in [-0.2, -0.15) is 0 Å². The lowest BCUT2D eigenvalue weighted by Crippen LogP contribution is -2.32. The molecule has 0 aliphatic rings. The molecule has 1 aromatic carbocycles. The van der Waals surface area contributed by atoms with Gasteiger partial charge in [-0.15, -0.1) is 18.1 Å². The number of hydrogen-bond donors (Lipinski definition) is 1. The van der Waals surface area contributed by atoms with Gasteiger partial charge in [0.05, 0.1) is 0 Å². The van der Waals surface area contributed by atoms with Crippen LogP contribution in [0, 0.1) is 12.3 Å². The van der Waals surface area contributed by atoms with Crippen molar-refractivity contribution in [1.82, 2.24) is 0 Å². The van der Waals surface area contributed by atoms with Gasteiger partial charge in [0.1, 0.15) is 5.60 Å². The Morgan fingerprint density at radius 1 is 1.44 bits per heavy atom. The predicted molar refractivity (Wildman–Crippen MR) is 66.9 cm³/mol. The summed E-state index contributed by atoms with van der Waals surface area (Å²) in [6.07, 6.45) is 6.06. The van der Waals surface area contributed by atoms with Crippen LogP contribution in [-0.4, -0.2) is 10.7 Å². The molecule has 1 heteroatoms. The van der Waals surface area contributed by atoms with Gasteiger partial charge in [-0.05, 0) is 12.5 Å². The first-order valence-electron chi connectivity index (χ1n) is 5.19. The number of hydrogen-bond acceptors (Lipinski definition) is 1. The maximum atomic E-state index is 10.5. The van der Waals surface area contributed by atoms with Gasteiger partial charge < -0.3 is 5.11 Å². The number of benzene rings is 1. The molecule has 1 N–H and O–H groups in total. The minimum Gasteiger partial charge on any atom is -0.384 e. The lowest BCUT2D eigenvalue weighted by Gasteiger charge is -2.26. The van der Waals surface area contributed by atoms with E-state index in [0.717, 1.165) is 5.56 Å². The molecule has 82 valence electrons. The summed E-state index contributed by atoms with van der Waals surface area (Å²) >= 11 is 0. The molecular weight excluding hydrogens is 196 g/mol. The second-order valence-corrected chi connectivity index (χ2v) is 3.88. The topological polar surface area (TPSA) is 20.2 Å². The normalized spacial score (nSPS) is 13.3. The monoisotopic (exact) mass is 212 g/mol. The second kappa shape index (κ2) is 5.37. The largest absolute Gasteiger partial charge is 0.384 e. The third-order valence-electron chi connectivity index (χ3n) is 2.70. The lowest BCUT2D eigenvalue weighted by atomic mass is 9.85. The van der Waals surface area contributed by atoms with Crippen LogP contribution in [0.25, 0.3) is 0 Å². The summed E-state index contributed by atoms with van der Waals surface area (Å²) in [5.74, 6) is 2.51. The first kappa shape index (κ1) is 12.3. The SMILES string of the molecule is C#CCC(O)(Cc1ccccc1)C(C)=C=C. The molecule has 1 atom stereocenters. The van der Waals surface area contributed by atoms with Crippen LogP contribution in [-0.2, 0) is 6.42 Å². The molecule has 0 radical (unpaired) electrons. The van der Waals surface area contributed by atoms with Gasteiger partial charge in [-0.25, -0.2) is 0 Å². The van der Waals surface area contributed by atoms with E-state index in [2.05, 4.69) is 18.2 Å². The van der Waals surface area contributed by atoms with E-state index in [-0.39, 0.29) is 6.42 Å². The van der Waals surface area contributed by atoms with Crippen LogP contribution in [0.5, 0.6) is 0 Å². The molecule has 1 rings (SSSR count). The molecule has 0 aromatic heterocycles. The number of aliphatic hydroxyl groups is 1. The summed E-state index contributed by atoms with van der Waals surface area (Å²) in [5.41, 5.74) is 3.44. The molecule has 1 unspecified atom stereocenters. The van der Waals surface area contributed by atoms with Gasteiger partial charge in [-0.1, -0.05) is 36.9 Å². The summed E-state index contributed by atoms with van der Waals surface area (Å²) in [7, 11) is 0. The fraction of sp³-hybridized carbons (Fsp3) is 0.267. The average Bonchev–Trinajstić information content (AvgIpc) is 2.29. The maximum Gasteiger partial charge on any atom is 0.108 e. The van der Waals surface area contributed by atoms with E-state index in [0.29, 0.717) is 12.0 Å². The zero-order chi connectivity index (χ0) is 12.0. The van der Waals surface area contributed by atoms with Crippen molar-refractivity contribution >= 4 is 0 Å². The van der Waals surface area contributed by atoms with Crippen LogP contribution < -0.4 is 0 Å². The van der Waals surface area contributed by atoms with Crippen LogP contribution in [0.15, 0.2) is 48.2 Å². The molecule has 1 aromatic rings. The molecule has 16 heavy (non-hydrogen) atoms. The van der Waals surface area contributed by atoms with Gasteiger partial charge in [0.2, 0.25) is 0 Å². The summed E-state index contributed by atoms with van der Waals surface area (Å²) in [4.78, 5) is 0. The summed E-state index contributed by atoms with van der Waals surface area (Å²) in [6.45, 7) is 5.36. The quantitative estimate of drug-likeness (QED) is 0.601. The van der Waals surface area contributed by atoms with E-state index in [4.69, 9.17) is 6.42 Å². The Morgan fingerprint density at radius 3 is 2.56 bits per heavy atom. The molecule has 0 aliphatic carbocycles. The minimum atomic E-state index is -1.03. The molecule has 0 spiro atoms. The van der Waals surface area contributed by atoms with Gasteiger partial charge in [-0.3, -0.25) is 0 Å². The first-order chi connectivity index (χ1) is 7.62. The minimum absolute atomic E-state index is 0.274. The first-order valence-corrected chi connectivity index (χ1v) is 5.19. The Balaban J connectivity index is 2.97. The highest BCUT2D eigenvalue weighted by molar-refractivity contribution is 5.25. The smallest absolute Gasteiger partial charge is 0.108 e. The van der Waals surface area contributed by atoms with E-state index in [1.54, 1.807) is 6.92 Å². The molecule has 0 amide bonds. The van der Waals surface area contributed by atoms with Crippen molar-refractivity contribution in [3.63, 3.8) is 0 Å². The molecule has 0 fully saturated rings. The van der Waals surface area contributed by atoms with Crippen LogP contribution in [0.2, 0.25) is 0 Å². The fourth-order valence-electron chi connectivity index (χ4n) is 1.59. The average molecular weight is 212 g/mol. The van der Waals surface area contributed by atoms with Crippen molar-refractivity contribution < 1.29 is 5.11 Å². The summed E-state index contributed by atoms with van der Waals surface area (Å²) in [6, 6.07) is 9.77. The Bertz CT molecular complexity index is 432. The highest BCUT2D eigenvalue weighted by atomic mass is 16.3. The Morgan fingerprint density at radius 2 is 2.06 bits per heavy atom. The Hall–Kier alpha value is -1.74. The number of rotatable bonds is 4. The maximum absolute atomic E-state index is 10.5. The summed E-state index contributed by atoms with van der Waals surface area (Å²) < 4.78 is 0. The predicted octanol–water partition coefficient (Wildman–Crippen LogP) is 2.71. The Labute approximate surface area is 97.1 Å². The Kier molecular flexibility index (Phi) is 4.14. The van der Waals surface area contributed by atoms with Crippen LogP contribution >= 0.6 is 0 Å². The fourth-order valence-corrected chi connectivity index (χ4v) is 1.59. The lowest BCUT2D eigenvalue weighted by molar-refractivity contribution is 0.0844. The number of terminal acetylenes is 1.